The quantitative estimate of drug-likeness (QED) is 0.765. The summed E-state index contributed by atoms with van der Waals surface area (Å²) in [5, 5.41) is 3.14. The van der Waals surface area contributed by atoms with E-state index in [1.54, 1.807) is 0 Å². The van der Waals surface area contributed by atoms with Crippen LogP contribution in [0.4, 0.5) is 0 Å². The molecular weight excluding hydrogens is 224 g/mol. The van der Waals surface area contributed by atoms with E-state index in [0.29, 0.717) is 12.3 Å². The number of carbonyl (C=O) groups excluding carboxylic acids is 1. The van der Waals surface area contributed by atoms with Crippen molar-refractivity contribution >= 4 is 5.91 Å². The Morgan fingerprint density at radius 1 is 1.22 bits per heavy atom. The van der Waals surface area contributed by atoms with E-state index in [1.807, 2.05) is 0 Å². The van der Waals surface area contributed by atoms with Crippen molar-refractivity contribution in [2.24, 2.45) is 11.7 Å². The van der Waals surface area contributed by atoms with Gasteiger partial charge in [0.25, 0.3) is 0 Å². The van der Waals surface area contributed by atoms with Crippen LogP contribution in [0.3, 0.4) is 0 Å². The first-order valence-corrected chi connectivity index (χ1v) is 7.59. The van der Waals surface area contributed by atoms with Crippen LogP contribution >= 0.6 is 0 Å². The summed E-state index contributed by atoms with van der Waals surface area (Å²) in [6.07, 6.45) is 8.34. The number of amides is 1. The maximum atomic E-state index is 12.1. The Bertz CT molecular complexity index is 255. The Balaban J connectivity index is 2.40. The van der Waals surface area contributed by atoms with Crippen LogP contribution in [0.15, 0.2) is 0 Å². The lowest BCUT2D eigenvalue weighted by atomic mass is 9.80. The molecule has 1 atom stereocenters. The van der Waals surface area contributed by atoms with Gasteiger partial charge in [-0.25, -0.2) is 0 Å². The predicted molar refractivity (Wildman–Crippen MR) is 76.3 cm³/mol. The van der Waals surface area contributed by atoms with Gasteiger partial charge in [-0.15, -0.1) is 0 Å². The van der Waals surface area contributed by atoms with Gasteiger partial charge in [0.1, 0.15) is 0 Å². The lowest BCUT2D eigenvalue weighted by Gasteiger charge is -2.33. The number of nitrogens with one attached hydrogen (secondary N) is 1. The van der Waals surface area contributed by atoms with E-state index in [0.717, 1.165) is 25.7 Å². The smallest absolute Gasteiger partial charge is 0.222 e. The molecule has 0 aliphatic heterocycles. The van der Waals surface area contributed by atoms with Gasteiger partial charge in [-0.2, -0.15) is 0 Å². The second kappa shape index (κ2) is 7.13. The molecule has 3 heteroatoms. The molecule has 1 unspecified atom stereocenters. The van der Waals surface area contributed by atoms with Gasteiger partial charge in [-0.05, 0) is 25.7 Å². The Labute approximate surface area is 112 Å². The summed E-state index contributed by atoms with van der Waals surface area (Å²) in [4.78, 5) is 12.1. The van der Waals surface area contributed by atoms with Gasteiger partial charge in [0.05, 0.1) is 0 Å². The van der Waals surface area contributed by atoms with Crippen molar-refractivity contribution < 1.29 is 4.79 Å². The number of nitrogens with two attached hydrogens (primary N) is 1. The van der Waals surface area contributed by atoms with Crippen molar-refractivity contribution in [1.29, 1.82) is 0 Å². The lowest BCUT2D eigenvalue weighted by Crippen LogP contribution is -2.48. The van der Waals surface area contributed by atoms with Gasteiger partial charge in [-0.1, -0.05) is 46.0 Å². The minimum atomic E-state index is -0.240. The van der Waals surface area contributed by atoms with Crippen molar-refractivity contribution in [1.82, 2.24) is 5.32 Å². The summed E-state index contributed by atoms with van der Waals surface area (Å²) in [5.74, 6) is 0.716. The third-order valence-electron chi connectivity index (χ3n) is 4.51. The third-order valence-corrected chi connectivity index (χ3v) is 4.51. The van der Waals surface area contributed by atoms with E-state index >= 15 is 0 Å². The van der Waals surface area contributed by atoms with Crippen LogP contribution in [-0.2, 0) is 4.79 Å². The fourth-order valence-electron chi connectivity index (χ4n) is 3.17. The largest absolute Gasteiger partial charge is 0.353 e. The molecule has 0 heterocycles. The highest BCUT2D eigenvalue weighted by Crippen LogP contribution is 2.28. The average Bonchev–Trinajstić information content (AvgIpc) is 2.30. The predicted octanol–water partition coefficient (Wildman–Crippen LogP) is 2.98. The summed E-state index contributed by atoms with van der Waals surface area (Å²) in [7, 11) is 0. The molecular formula is C15H30N2O. The van der Waals surface area contributed by atoms with Crippen molar-refractivity contribution in [3.8, 4) is 0 Å². The minimum absolute atomic E-state index is 0.138. The van der Waals surface area contributed by atoms with Crippen LogP contribution in [-0.4, -0.2) is 17.5 Å². The zero-order chi connectivity index (χ0) is 13.6. The normalized spacial score (nSPS) is 20.7. The lowest BCUT2D eigenvalue weighted by molar-refractivity contribution is -0.123. The number of rotatable bonds is 6. The maximum Gasteiger partial charge on any atom is 0.222 e. The van der Waals surface area contributed by atoms with Crippen LogP contribution in [0, 0.1) is 5.92 Å². The highest BCUT2D eigenvalue weighted by atomic mass is 16.1. The highest BCUT2D eigenvalue weighted by Gasteiger charge is 2.30. The number of hydrogen-bond acceptors (Lipinski definition) is 2. The van der Waals surface area contributed by atoms with E-state index in [-0.39, 0.29) is 17.5 Å². The summed E-state index contributed by atoms with van der Waals surface area (Å²) in [6, 6.07) is 0.264. The Morgan fingerprint density at radius 2 is 1.78 bits per heavy atom. The van der Waals surface area contributed by atoms with E-state index in [2.05, 4.69) is 26.1 Å². The SMILES string of the molecule is CCC(CC)C(C)NC(=O)CC1(N)CCCCC1. The molecule has 1 saturated carbocycles. The molecule has 0 aromatic heterocycles. The number of carbonyl (C=O) groups is 1. The van der Waals surface area contributed by atoms with Gasteiger partial charge in [-0.3, -0.25) is 4.79 Å². The molecule has 1 aliphatic carbocycles. The van der Waals surface area contributed by atoms with E-state index in [4.69, 9.17) is 5.73 Å². The molecule has 0 radical (unpaired) electrons. The fourth-order valence-corrected chi connectivity index (χ4v) is 3.17. The molecule has 0 aromatic carbocycles. The molecule has 1 rings (SSSR count). The molecule has 0 bridgehead atoms. The van der Waals surface area contributed by atoms with Gasteiger partial charge in [0.2, 0.25) is 5.91 Å². The summed E-state index contributed by atoms with van der Waals surface area (Å²) >= 11 is 0. The van der Waals surface area contributed by atoms with Gasteiger partial charge in [0, 0.05) is 18.0 Å². The van der Waals surface area contributed by atoms with Crippen molar-refractivity contribution in [2.45, 2.75) is 83.7 Å². The van der Waals surface area contributed by atoms with Gasteiger partial charge < -0.3 is 11.1 Å². The number of hydrogen-bond donors (Lipinski definition) is 2. The first kappa shape index (κ1) is 15.5. The Morgan fingerprint density at radius 3 is 2.28 bits per heavy atom. The molecule has 18 heavy (non-hydrogen) atoms. The Kier molecular flexibility index (Phi) is 6.13. The molecule has 0 spiro atoms. The van der Waals surface area contributed by atoms with Crippen LogP contribution in [0.5, 0.6) is 0 Å². The van der Waals surface area contributed by atoms with Gasteiger partial charge >= 0.3 is 0 Å². The molecule has 106 valence electrons. The molecule has 1 aliphatic rings. The average molecular weight is 254 g/mol. The van der Waals surface area contributed by atoms with E-state index < -0.39 is 0 Å². The minimum Gasteiger partial charge on any atom is -0.353 e. The summed E-state index contributed by atoms with van der Waals surface area (Å²) in [6.45, 7) is 6.48. The first-order chi connectivity index (χ1) is 8.50. The summed E-state index contributed by atoms with van der Waals surface area (Å²) in [5.41, 5.74) is 6.08. The zero-order valence-corrected chi connectivity index (χ0v) is 12.3. The molecule has 0 aromatic rings. The van der Waals surface area contributed by atoms with Crippen molar-refractivity contribution in [3.63, 3.8) is 0 Å². The van der Waals surface area contributed by atoms with Crippen LogP contribution in [0.25, 0.3) is 0 Å². The fraction of sp³-hybridized carbons (Fsp3) is 0.933. The van der Waals surface area contributed by atoms with Crippen LogP contribution < -0.4 is 11.1 Å². The maximum absolute atomic E-state index is 12.1. The highest BCUT2D eigenvalue weighted by molar-refractivity contribution is 5.77. The Hall–Kier alpha value is -0.570. The molecule has 1 fully saturated rings. The van der Waals surface area contributed by atoms with Crippen molar-refractivity contribution in [2.75, 3.05) is 0 Å². The topological polar surface area (TPSA) is 55.1 Å². The van der Waals surface area contributed by atoms with Crippen molar-refractivity contribution in [3.05, 3.63) is 0 Å². The van der Waals surface area contributed by atoms with Crippen LogP contribution in [0.2, 0.25) is 0 Å². The second-order valence-corrected chi connectivity index (χ2v) is 6.03. The van der Waals surface area contributed by atoms with E-state index in [9.17, 15) is 4.79 Å². The third kappa shape index (κ3) is 4.60. The van der Waals surface area contributed by atoms with Gasteiger partial charge in [0.15, 0.2) is 0 Å². The monoisotopic (exact) mass is 254 g/mol. The molecule has 3 N–H and O–H groups in total. The molecule has 1 amide bonds. The first-order valence-electron chi connectivity index (χ1n) is 7.59. The molecule has 3 nitrogen and oxygen atoms in total. The standard InChI is InChI=1S/C15H30N2O/c1-4-13(5-2)12(3)17-14(18)11-15(16)9-7-6-8-10-15/h12-13H,4-11,16H2,1-3H3,(H,17,18). The van der Waals surface area contributed by atoms with E-state index in [1.165, 1.54) is 19.3 Å². The summed E-state index contributed by atoms with van der Waals surface area (Å²) < 4.78 is 0. The zero-order valence-electron chi connectivity index (χ0n) is 12.3. The molecule has 0 saturated heterocycles. The second-order valence-electron chi connectivity index (χ2n) is 6.03. The van der Waals surface area contributed by atoms with Crippen LogP contribution in [0.1, 0.15) is 72.1 Å².